The van der Waals surface area contributed by atoms with Crippen molar-refractivity contribution < 1.29 is 9.47 Å². The van der Waals surface area contributed by atoms with E-state index >= 15 is 0 Å². The molecule has 1 unspecified atom stereocenters. The van der Waals surface area contributed by atoms with Gasteiger partial charge in [-0.3, -0.25) is 0 Å². The maximum absolute atomic E-state index is 5.85. The number of rotatable bonds is 3. The van der Waals surface area contributed by atoms with E-state index in [4.69, 9.17) is 15.2 Å². The smallest absolute Gasteiger partial charge is 0.125 e. The van der Waals surface area contributed by atoms with Gasteiger partial charge in [0.2, 0.25) is 0 Å². The Balaban J connectivity index is 3.27. The maximum Gasteiger partial charge on any atom is 0.125 e. The Bertz CT molecular complexity index is 321. The average Bonchev–Trinajstić information content (AvgIpc) is 2.17. The van der Waals surface area contributed by atoms with Crippen LogP contribution in [0.3, 0.4) is 0 Å². The molecule has 0 fully saturated rings. The molecule has 1 aromatic carbocycles. The normalized spacial score (nSPS) is 12.4. The van der Waals surface area contributed by atoms with Crippen LogP contribution in [0.1, 0.15) is 24.1 Å². The van der Waals surface area contributed by atoms with Gasteiger partial charge in [0, 0.05) is 12.1 Å². The van der Waals surface area contributed by atoms with Crippen molar-refractivity contribution in [3.63, 3.8) is 0 Å². The van der Waals surface area contributed by atoms with Crippen LogP contribution < -0.4 is 15.2 Å². The lowest BCUT2D eigenvalue weighted by molar-refractivity contribution is 0.390. The zero-order valence-corrected chi connectivity index (χ0v) is 9.13. The molecule has 2 N–H and O–H groups in total. The number of ether oxygens (including phenoxy) is 2. The lowest BCUT2D eigenvalue weighted by Gasteiger charge is -2.15. The third-order valence-corrected chi connectivity index (χ3v) is 2.32. The molecule has 78 valence electrons. The largest absolute Gasteiger partial charge is 0.497 e. The highest BCUT2D eigenvalue weighted by Crippen LogP contribution is 2.30. The number of hydrogen-bond donors (Lipinski definition) is 1. The quantitative estimate of drug-likeness (QED) is 0.802. The number of nitrogens with two attached hydrogens (primary N) is 1. The first kappa shape index (κ1) is 10.9. The van der Waals surface area contributed by atoms with Gasteiger partial charge in [0.25, 0.3) is 0 Å². The minimum Gasteiger partial charge on any atom is -0.497 e. The highest BCUT2D eigenvalue weighted by atomic mass is 16.5. The van der Waals surface area contributed by atoms with E-state index in [1.54, 1.807) is 14.2 Å². The first-order valence-electron chi connectivity index (χ1n) is 4.58. The molecule has 0 saturated heterocycles. The Morgan fingerprint density at radius 2 is 1.86 bits per heavy atom. The van der Waals surface area contributed by atoms with Gasteiger partial charge in [0.1, 0.15) is 11.5 Å². The molecule has 0 bridgehead atoms. The van der Waals surface area contributed by atoms with E-state index in [0.29, 0.717) is 0 Å². The lowest BCUT2D eigenvalue weighted by Crippen LogP contribution is -2.08. The molecule has 0 aliphatic rings. The highest BCUT2D eigenvalue weighted by Gasteiger charge is 2.10. The van der Waals surface area contributed by atoms with Crippen molar-refractivity contribution in [2.45, 2.75) is 19.9 Å². The number of benzene rings is 1. The molecule has 14 heavy (non-hydrogen) atoms. The minimum absolute atomic E-state index is 0.0148. The van der Waals surface area contributed by atoms with Gasteiger partial charge in [-0.1, -0.05) is 0 Å². The second-order valence-electron chi connectivity index (χ2n) is 3.33. The predicted octanol–water partition coefficient (Wildman–Crippen LogP) is 2.03. The topological polar surface area (TPSA) is 44.5 Å². The van der Waals surface area contributed by atoms with Gasteiger partial charge in [0.15, 0.2) is 0 Å². The van der Waals surface area contributed by atoms with Crippen molar-refractivity contribution in [1.82, 2.24) is 0 Å². The van der Waals surface area contributed by atoms with Crippen molar-refractivity contribution in [2.75, 3.05) is 14.2 Å². The van der Waals surface area contributed by atoms with E-state index in [1.807, 2.05) is 26.0 Å². The lowest BCUT2D eigenvalue weighted by atomic mass is 10.0. The van der Waals surface area contributed by atoms with Crippen LogP contribution in [0.25, 0.3) is 0 Å². The summed E-state index contributed by atoms with van der Waals surface area (Å²) in [6, 6.07) is 3.79. The number of hydrogen-bond acceptors (Lipinski definition) is 3. The molecule has 0 aromatic heterocycles. The average molecular weight is 195 g/mol. The monoisotopic (exact) mass is 195 g/mol. The molecule has 0 heterocycles. The second kappa shape index (κ2) is 4.33. The summed E-state index contributed by atoms with van der Waals surface area (Å²) in [4.78, 5) is 0. The molecule has 3 nitrogen and oxygen atoms in total. The van der Waals surface area contributed by atoms with Crippen LogP contribution in [0.5, 0.6) is 11.5 Å². The van der Waals surface area contributed by atoms with Crippen LogP contribution in [0, 0.1) is 6.92 Å². The van der Waals surface area contributed by atoms with Crippen molar-refractivity contribution in [2.24, 2.45) is 5.73 Å². The molecule has 0 amide bonds. The van der Waals surface area contributed by atoms with Crippen molar-refractivity contribution in [3.05, 3.63) is 23.3 Å². The first-order chi connectivity index (χ1) is 6.60. The Morgan fingerprint density at radius 3 is 2.29 bits per heavy atom. The Morgan fingerprint density at radius 1 is 1.21 bits per heavy atom. The summed E-state index contributed by atoms with van der Waals surface area (Å²) < 4.78 is 10.4. The van der Waals surface area contributed by atoms with E-state index in [2.05, 4.69) is 0 Å². The molecule has 1 aromatic rings. The number of methoxy groups -OCH3 is 2. The zero-order valence-electron chi connectivity index (χ0n) is 9.13. The molecule has 0 radical (unpaired) electrons. The van der Waals surface area contributed by atoms with Crippen LogP contribution in [-0.4, -0.2) is 14.2 Å². The maximum atomic E-state index is 5.85. The van der Waals surface area contributed by atoms with Crippen molar-refractivity contribution >= 4 is 0 Å². The first-order valence-corrected chi connectivity index (χ1v) is 4.58. The van der Waals surface area contributed by atoms with Gasteiger partial charge < -0.3 is 15.2 Å². The van der Waals surface area contributed by atoms with Gasteiger partial charge in [-0.05, 0) is 31.0 Å². The summed E-state index contributed by atoms with van der Waals surface area (Å²) in [6.45, 7) is 3.94. The standard InChI is InChI=1S/C11H17NO2/c1-7-10(8(2)12)5-9(13-3)6-11(7)14-4/h5-6,8H,12H2,1-4H3. The molecular formula is C11H17NO2. The molecule has 1 atom stereocenters. The fourth-order valence-corrected chi connectivity index (χ4v) is 1.49. The second-order valence-corrected chi connectivity index (χ2v) is 3.33. The van der Waals surface area contributed by atoms with Crippen LogP contribution in [0.15, 0.2) is 12.1 Å². The summed E-state index contributed by atoms with van der Waals surface area (Å²) in [5.41, 5.74) is 7.98. The summed E-state index contributed by atoms with van der Waals surface area (Å²) in [7, 11) is 3.28. The molecule has 3 heteroatoms. The molecule has 1 rings (SSSR count). The van der Waals surface area contributed by atoms with Gasteiger partial charge >= 0.3 is 0 Å². The van der Waals surface area contributed by atoms with E-state index in [-0.39, 0.29) is 6.04 Å². The molecule has 0 saturated carbocycles. The van der Waals surface area contributed by atoms with E-state index in [1.165, 1.54) is 0 Å². The molecular weight excluding hydrogens is 178 g/mol. The van der Waals surface area contributed by atoms with Crippen LogP contribution in [-0.2, 0) is 0 Å². The molecule has 0 aliphatic heterocycles. The van der Waals surface area contributed by atoms with Gasteiger partial charge in [0.05, 0.1) is 14.2 Å². The Labute approximate surface area is 84.8 Å². The fraction of sp³-hybridized carbons (Fsp3) is 0.455. The van der Waals surface area contributed by atoms with Crippen molar-refractivity contribution in [1.29, 1.82) is 0 Å². The fourth-order valence-electron chi connectivity index (χ4n) is 1.49. The summed E-state index contributed by atoms with van der Waals surface area (Å²) >= 11 is 0. The molecule has 0 spiro atoms. The van der Waals surface area contributed by atoms with Gasteiger partial charge in [-0.15, -0.1) is 0 Å². The molecule has 0 aliphatic carbocycles. The summed E-state index contributed by atoms with van der Waals surface area (Å²) in [5, 5.41) is 0. The van der Waals surface area contributed by atoms with Gasteiger partial charge in [-0.2, -0.15) is 0 Å². The van der Waals surface area contributed by atoms with Crippen LogP contribution in [0.2, 0.25) is 0 Å². The summed E-state index contributed by atoms with van der Waals surface area (Å²) in [5.74, 6) is 1.59. The highest BCUT2D eigenvalue weighted by molar-refractivity contribution is 5.46. The zero-order chi connectivity index (χ0) is 10.7. The van der Waals surface area contributed by atoms with E-state index in [0.717, 1.165) is 22.6 Å². The SMILES string of the molecule is COc1cc(OC)c(C)c(C(C)N)c1. The predicted molar refractivity (Wildman–Crippen MR) is 56.9 cm³/mol. The van der Waals surface area contributed by atoms with Crippen LogP contribution >= 0.6 is 0 Å². The van der Waals surface area contributed by atoms with Gasteiger partial charge in [-0.25, -0.2) is 0 Å². The Hall–Kier alpha value is -1.22. The van der Waals surface area contributed by atoms with E-state index < -0.39 is 0 Å². The van der Waals surface area contributed by atoms with Crippen LogP contribution in [0.4, 0.5) is 0 Å². The van der Waals surface area contributed by atoms with Crippen molar-refractivity contribution in [3.8, 4) is 11.5 Å². The van der Waals surface area contributed by atoms with E-state index in [9.17, 15) is 0 Å². The third-order valence-electron chi connectivity index (χ3n) is 2.32. The minimum atomic E-state index is -0.0148. The Kier molecular flexibility index (Phi) is 3.36. The third kappa shape index (κ3) is 1.99. The summed E-state index contributed by atoms with van der Waals surface area (Å²) in [6.07, 6.45) is 0.